The molecule has 1 unspecified atom stereocenters. The van der Waals surface area contributed by atoms with Gasteiger partial charge in [0.05, 0.1) is 0 Å². The average Bonchev–Trinajstić information content (AvgIpc) is 3.63. The minimum atomic E-state index is 0.00180. The summed E-state index contributed by atoms with van der Waals surface area (Å²) in [6, 6.07) is 23.5. The van der Waals surface area contributed by atoms with Gasteiger partial charge in [0.2, 0.25) is 0 Å². The molecule has 0 radical (unpaired) electrons. The zero-order valence-electron chi connectivity index (χ0n) is 21.6. The normalized spacial score (nSPS) is 22.6. The van der Waals surface area contributed by atoms with Gasteiger partial charge in [-0.2, -0.15) is 0 Å². The molecule has 3 heterocycles. The molecule has 1 aromatic heterocycles. The number of rotatable bonds is 8. The Hall–Kier alpha value is -2.89. The number of amides is 1. The average molecular weight is 486 g/mol. The number of hydrogen-bond donors (Lipinski definition) is 1. The lowest BCUT2D eigenvalue weighted by atomic mass is 9.96. The molecule has 1 amide bonds. The van der Waals surface area contributed by atoms with Crippen LogP contribution >= 0.6 is 0 Å². The van der Waals surface area contributed by atoms with Crippen LogP contribution in [0.1, 0.15) is 71.5 Å². The van der Waals surface area contributed by atoms with Crippen molar-refractivity contribution in [3.05, 3.63) is 94.9 Å². The van der Waals surface area contributed by atoms with Gasteiger partial charge >= 0.3 is 0 Å². The van der Waals surface area contributed by atoms with Gasteiger partial charge in [0.15, 0.2) is 5.76 Å². The van der Waals surface area contributed by atoms with Crippen LogP contribution in [0.15, 0.2) is 71.1 Å². The van der Waals surface area contributed by atoms with Gasteiger partial charge in [-0.05, 0) is 48.4 Å². The highest BCUT2D eigenvalue weighted by Gasteiger charge is 2.39. The van der Waals surface area contributed by atoms with Crippen LogP contribution in [0.4, 0.5) is 0 Å². The zero-order chi connectivity index (χ0) is 25.1. The fraction of sp³-hybridized carbons (Fsp3) is 0.452. The second-order valence-electron chi connectivity index (χ2n) is 11.0. The third kappa shape index (κ3) is 5.42. The summed E-state index contributed by atoms with van der Waals surface area (Å²) in [5.41, 5.74) is 9.68. The lowest BCUT2D eigenvalue weighted by Gasteiger charge is -2.28. The van der Waals surface area contributed by atoms with Crippen molar-refractivity contribution in [2.75, 3.05) is 26.2 Å². The number of carbonyl (C=O) groups excluding carboxylic acids is 1. The minimum absolute atomic E-state index is 0.00180. The molecule has 0 aliphatic carbocycles. The Morgan fingerprint density at radius 3 is 2.31 bits per heavy atom. The first-order valence-corrected chi connectivity index (χ1v) is 13.5. The summed E-state index contributed by atoms with van der Waals surface area (Å²) < 4.78 is 6.14. The van der Waals surface area contributed by atoms with E-state index < -0.39 is 0 Å². The molecule has 3 atom stereocenters. The van der Waals surface area contributed by atoms with Crippen molar-refractivity contribution in [1.29, 1.82) is 0 Å². The van der Waals surface area contributed by atoms with Crippen molar-refractivity contribution in [1.82, 2.24) is 9.80 Å². The maximum absolute atomic E-state index is 13.8. The second kappa shape index (κ2) is 11.0. The van der Waals surface area contributed by atoms with Gasteiger partial charge in [-0.1, -0.05) is 74.5 Å². The maximum Gasteiger partial charge on any atom is 0.289 e. The highest BCUT2D eigenvalue weighted by atomic mass is 16.4. The molecule has 2 aliphatic rings. The van der Waals surface area contributed by atoms with Crippen molar-refractivity contribution in [3.8, 4) is 0 Å². The van der Waals surface area contributed by atoms with Gasteiger partial charge in [0.25, 0.3) is 5.91 Å². The van der Waals surface area contributed by atoms with Gasteiger partial charge in [0, 0.05) is 50.1 Å². The van der Waals surface area contributed by atoms with Crippen molar-refractivity contribution in [2.45, 2.75) is 57.5 Å². The van der Waals surface area contributed by atoms with E-state index in [-0.39, 0.29) is 11.9 Å². The quantitative estimate of drug-likeness (QED) is 0.462. The van der Waals surface area contributed by atoms with E-state index in [1.807, 2.05) is 6.07 Å². The minimum Gasteiger partial charge on any atom is -0.456 e. The van der Waals surface area contributed by atoms with Crippen molar-refractivity contribution in [2.24, 2.45) is 11.7 Å². The number of nitrogens with zero attached hydrogens (tertiary/aromatic N) is 2. The van der Waals surface area contributed by atoms with Gasteiger partial charge in [0.1, 0.15) is 5.76 Å². The van der Waals surface area contributed by atoms with Crippen LogP contribution in [0.25, 0.3) is 0 Å². The Kier molecular flexibility index (Phi) is 7.59. The molecule has 2 saturated heterocycles. The predicted octanol–water partition coefficient (Wildman–Crippen LogP) is 5.42. The monoisotopic (exact) mass is 485 g/mol. The SMILES string of the molecule is CC(C)Cc1oc(C(=O)N2C[C@@H](c3ccccc3)C[C@H]2CN2CCC(c3ccccc3)C2)cc1CN. The molecule has 5 rings (SSSR count). The lowest BCUT2D eigenvalue weighted by Crippen LogP contribution is -2.42. The number of furan rings is 1. The summed E-state index contributed by atoms with van der Waals surface area (Å²) in [4.78, 5) is 18.5. The smallest absolute Gasteiger partial charge is 0.289 e. The molecule has 5 nitrogen and oxygen atoms in total. The third-order valence-electron chi connectivity index (χ3n) is 7.88. The molecule has 2 aromatic carbocycles. The van der Waals surface area contributed by atoms with E-state index in [0.29, 0.717) is 30.1 Å². The van der Waals surface area contributed by atoms with Gasteiger partial charge in [-0.3, -0.25) is 4.79 Å². The molecule has 36 heavy (non-hydrogen) atoms. The first-order chi connectivity index (χ1) is 17.5. The third-order valence-corrected chi connectivity index (χ3v) is 7.88. The highest BCUT2D eigenvalue weighted by Crippen LogP contribution is 2.35. The van der Waals surface area contributed by atoms with E-state index in [4.69, 9.17) is 10.2 Å². The molecule has 0 spiro atoms. The van der Waals surface area contributed by atoms with Gasteiger partial charge < -0.3 is 20.0 Å². The number of carbonyl (C=O) groups is 1. The van der Waals surface area contributed by atoms with Crippen LogP contribution in [0.3, 0.4) is 0 Å². The Labute approximate surface area is 215 Å². The van der Waals surface area contributed by atoms with Crippen molar-refractivity contribution in [3.63, 3.8) is 0 Å². The second-order valence-corrected chi connectivity index (χ2v) is 11.0. The molecule has 0 saturated carbocycles. The number of hydrogen-bond acceptors (Lipinski definition) is 4. The van der Waals surface area contributed by atoms with E-state index in [2.05, 4.69) is 84.3 Å². The summed E-state index contributed by atoms with van der Waals surface area (Å²) in [5, 5.41) is 0. The molecule has 2 fully saturated rings. The molecule has 2 N–H and O–H groups in total. The number of nitrogens with two attached hydrogens (primary N) is 1. The Bertz CT molecular complexity index is 1140. The molecular formula is C31H39N3O2. The first-order valence-electron chi connectivity index (χ1n) is 13.5. The highest BCUT2D eigenvalue weighted by molar-refractivity contribution is 5.92. The summed E-state index contributed by atoms with van der Waals surface area (Å²) >= 11 is 0. The fourth-order valence-electron chi connectivity index (χ4n) is 6.03. The number of likely N-dealkylation sites (tertiary alicyclic amines) is 2. The molecule has 0 bridgehead atoms. The van der Waals surface area contributed by atoms with E-state index in [0.717, 1.165) is 50.3 Å². The van der Waals surface area contributed by atoms with Crippen LogP contribution in [0.2, 0.25) is 0 Å². The van der Waals surface area contributed by atoms with E-state index >= 15 is 0 Å². The Balaban J connectivity index is 1.35. The van der Waals surface area contributed by atoms with Crippen LogP contribution in [-0.2, 0) is 13.0 Å². The summed E-state index contributed by atoms with van der Waals surface area (Å²) in [5.74, 6) is 2.65. The zero-order valence-corrected chi connectivity index (χ0v) is 21.6. The van der Waals surface area contributed by atoms with Crippen molar-refractivity contribution >= 4 is 5.91 Å². The van der Waals surface area contributed by atoms with E-state index in [1.165, 1.54) is 17.5 Å². The van der Waals surface area contributed by atoms with Crippen molar-refractivity contribution < 1.29 is 9.21 Å². The maximum atomic E-state index is 13.8. The largest absolute Gasteiger partial charge is 0.456 e. The molecule has 2 aliphatic heterocycles. The fourth-order valence-corrected chi connectivity index (χ4v) is 6.03. The molecule has 3 aromatic rings. The van der Waals surface area contributed by atoms with Crippen LogP contribution < -0.4 is 5.73 Å². The lowest BCUT2D eigenvalue weighted by molar-refractivity contribution is 0.0673. The number of benzene rings is 2. The molecular weight excluding hydrogens is 446 g/mol. The van der Waals surface area contributed by atoms with Gasteiger partial charge in [-0.15, -0.1) is 0 Å². The van der Waals surface area contributed by atoms with Crippen LogP contribution in [-0.4, -0.2) is 47.9 Å². The van der Waals surface area contributed by atoms with Crippen LogP contribution in [0, 0.1) is 5.92 Å². The predicted molar refractivity (Wildman–Crippen MR) is 144 cm³/mol. The molecule has 5 heteroatoms. The topological polar surface area (TPSA) is 62.7 Å². The van der Waals surface area contributed by atoms with Crippen LogP contribution in [0.5, 0.6) is 0 Å². The summed E-state index contributed by atoms with van der Waals surface area (Å²) in [6.07, 6.45) is 2.94. The summed E-state index contributed by atoms with van der Waals surface area (Å²) in [7, 11) is 0. The van der Waals surface area contributed by atoms with E-state index in [1.54, 1.807) is 0 Å². The molecule has 190 valence electrons. The summed E-state index contributed by atoms with van der Waals surface area (Å²) in [6.45, 7) is 8.46. The first kappa shape index (κ1) is 24.8. The Morgan fingerprint density at radius 2 is 1.67 bits per heavy atom. The Morgan fingerprint density at radius 1 is 1.00 bits per heavy atom. The van der Waals surface area contributed by atoms with E-state index in [9.17, 15) is 4.79 Å². The standard InChI is InChI=1S/C31H39N3O2/c1-22(2)15-29-26(18-32)17-30(36-29)31(35)34-20-27(24-11-7-4-8-12-24)16-28(34)21-33-14-13-25(19-33)23-9-5-3-6-10-23/h3-12,17,22,25,27-28H,13-16,18-21,32H2,1-2H3/t25?,27-,28-/m0/s1. The van der Waals surface area contributed by atoms with Gasteiger partial charge in [-0.25, -0.2) is 0 Å².